The highest BCUT2D eigenvalue weighted by atomic mass is 79.9. The number of nitrogens with zero attached hydrogens (tertiary/aromatic N) is 2. The molecule has 0 aliphatic rings. The van der Waals surface area contributed by atoms with Crippen LogP contribution in [0.15, 0.2) is 35.3 Å². The topological polar surface area (TPSA) is 37.8 Å². The van der Waals surface area contributed by atoms with Crippen LogP contribution in [0.1, 0.15) is 16.7 Å². The number of hydrogen-bond acceptors (Lipinski definition) is 3. The SMILES string of the molecule is Cc1ccncc1CNc1cnc(Br)c(C)c1. The fourth-order valence-corrected chi connectivity index (χ4v) is 1.75. The molecule has 2 heterocycles. The summed E-state index contributed by atoms with van der Waals surface area (Å²) in [6, 6.07) is 4.09. The predicted molar refractivity (Wildman–Crippen MR) is 73.0 cm³/mol. The van der Waals surface area contributed by atoms with Gasteiger partial charge in [-0.15, -0.1) is 0 Å². The van der Waals surface area contributed by atoms with Crippen molar-refractivity contribution in [2.45, 2.75) is 20.4 Å². The summed E-state index contributed by atoms with van der Waals surface area (Å²) in [5.74, 6) is 0. The third-order valence-corrected chi connectivity index (χ3v) is 3.48. The van der Waals surface area contributed by atoms with Crippen LogP contribution in [0.5, 0.6) is 0 Å². The molecule has 0 spiro atoms. The molecule has 4 heteroatoms. The van der Waals surface area contributed by atoms with Crippen molar-refractivity contribution in [3.63, 3.8) is 0 Å². The largest absolute Gasteiger partial charge is 0.380 e. The van der Waals surface area contributed by atoms with Crippen molar-refractivity contribution < 1.29 is 0 Å². The number of rotatable bonds is 3. The molecule has 0 aliphatic carbocycles. The molecule has 0 saturated heterocycles. The molecule has 0 aliphatic heterocycles. The van der Waals surface area contributed by atoms with E-state index in [2.05, 4.69) is 44.2 Å². The maximum atomic E-state index is 4.25. The molecule has 88 valence electrons. The van der Waals surface area contributed by atoms with Gasteiger partial charge in [-0.25, -0.2) is 4.98 Å². The third-order valence-electron chi connectivity index (χ3n) is 2.64. The van der Waals surface area contributed by atoms with Crippen LogP contribution in [-0.4, -0.2) is 9.97 Å². The second-order valence-electron chi connectivity index (χ2n) is 3.99. The van der Waals surface area contributed by atoms with E-state index in [0.717, 1.165) is 22.4 Å². The Morgan fingerprint density at radius 3 is 2.76 bits per heavy atom. The van der Waals surface area contributed by atoms with Gasteiger partial charge in [-0.2, -0.15) is 0 Å². The number of hydrogen-bond donors (Lipinski definition) is 1. The van der Waals surface area contributed by atoms with Crippen molar-refractivity contribution >= 4 is 21.6 Å². The predicted octanol–water partition coefficient (Wildman–Crippen LogP) is 3.47. The fraction of sp³-hybridized carbons (Fsp3) is 0.231. The summed E-state index contributed by atoms with van der Waals surface area (Å²) in [7, 11) is 0. The molecule has 0 amide bonds. The standard InChI is InChI=1S/C13H14BrN3/c1-9-3-4-15-6-11(9)7-16-12-5-10(2)13(14)17-8-12/h3-6,8,16H,7H2,1-2H3. The fourth-order valence-electron chi connectivity index (χ4n) is 1.53. The van der Waals surface area contributed by atoms with E-state index in [1.54, 1.807) is 0 Å². The Balaban J connectivity index is 2.08. The highest BCUT2D eigenvalue weighted by molar-refractivity contribution is 9.10. The first-order chi connectivity index (χ1) is 8.16. The van der Waals surface area contributed by atoms with Crippen LogP contribution in [0.2, 0.25) is 0 Å². The minimum atomic E-state index is 0.766. The zero-order chi connectivity index (χ0) is 12.3. The van der Waals surface area contributed by atoms with E-state index in [1.807, 2.05) is 31.6 Å². The van der Waals surface area contributed by atoms with E-state index < -0.39 is 0 Å². The van der Waals surface area contributed by atoms with Crippen molar-refractivity contribution in [1.29, 1.82) is 0 Å². The summed E-state index contributed by atoms with van der Waals surface area (Å²) >= 11 is 3.39. The van der Waals surface area contributed by atoms with Crippen LogP contribution in [0, 0.1) is 13.8 Å². The Bertz CT molecular complexity index is 526. The molecule has 0 aromatic carbocycles. The lowest BCUT2D eigenvalue weighted by molar-refractivity contribution is 1.07. The van der Waals surface area contributed by atoms with Gasteiger partial charge in [-0.05, 0) is 58.6 Å². The lowest BCUT2D eigenvalue weighted by Crippen LogP contribution is -2.02. The lowest BCUT2D eigenvalue weighted by atomic mass is 10.1. The van der Waals surface area contributed by atoms with Gasteiger partial charge in [-0.1, -0.05) is 0 Å². The monoisotopic (exact) mass is 291 g/mol. The molecule has 0 unspecified atom stereocenters. The first kappa shape index (κ1) is 12.0. The van der Waals surface area contributed by atoms with Crippen LogP contribution in [-0.2, 0) is 6.54 Å². The maximum Gasteiger partial charge on any atom is 0.109 e. The highest BCUT2D eigenvalue weighted by Gasteiger charge is 2.00. The minimum absolute atomic E-state index is 0.766. The van der Waals surface area contributed by atoms with E-state index >= 15 is 0 Å². The quantitative estimate of drug-likeness (QED) is 0.880. The van der Waals surface area contributed by atoms with Crippen molar-refractivity contribution in [3.8, 4) is 0 Å². The van der Waals surface area contributed by atoms with Crippen molar-refractivity contribution in [2.75, 3.05) is 5.32 Å². The van der Waals surface area contributed by atoms with Gasteiger partial charge in [0.15, 0.2) is 0 Å². The Kier molecular flexibility index (Phi) is 3.74. The summed E-state index contributed by atoms with van der Waals surface area (Å²) in [5.41, 5.74) is 4.59. The Morgan fingerprint density at radius 1 is 1.24 bits per heavy atom. The smallest absolute Gasteiger partial charge is 0.109 e. The van der Waals surface area contributed by atoms with E-state index in [-0.39, 0.29) is 0 Å². The Labute approximate surface area is 109 Å². The molecule has 1 N–H and O–H groups in total. The molecular weight excluding hydrogens is 278 g/mol. The van der Waals surface area contributed by atoms with Gasteiger partial charge >= 0.3 is 0 Å². The van der Waals surface area contributed by atoms with Crippen LogP contribution in [0.4, 0.5) is 5.69 Å². The van der Waals surface area contributed by atoms with E-state index in [9.17, 15) is 0 Å². The molecule has 3 nitrogen and oxygen atoms in total. The van der Waals surface area contributed by atoms with E-state index in [0.29, 0.717) is 0 Å². The van der Waals surface area contributed by atoms with Crippen molar-refractivity contribution in [3.05, 3.63) is 52.0 Å². The Morgan fingerprint density at radius 2 is 2.06 bits per heavy atom. The number of aryl methyl sites for hydroxylation is 2. The van der Waals surface area contributed by atoms with Gasteiger partial charge in [0.25, 0.3) is 0 Å². The van der Waals surface area contributed by atoms with Gasteiger partial charge in [0, 0.05) is 18.9 Å². The maximum absolute atomic E-state index is 4.25. The molecule has 0 radical (unpaired) electrons. The van der Waals surface area contributed by atoms with Gasteiger partial charge in [0.1, 0.15) is 4.60 Å². The zero-order valence-electron chi connectivity index (χ0n) is 9.87. The Hall–Kier alpha value is -1.42. The minimum Gasteiger partial charge on any atom is -0.380 e. The molecular formula is C13H14BrN3. The van der Waals surface area contributed by atoms with Gasteiger partial charge in [0.2, 0.25) is 0 Å². The number of pyridine rings is 2. The summed E-state index contributed by atoms with van der Waals surface area (Å²) < 4.78 is 0.889. The van der Waals surface area contributed by atoms with Crippen LogP contribution in [0.25, 0.3) is 0 Å². The number of halogens is 1. The molecule has 0 bridgehead atoms. The van der Waals surface area contributed by atoms with Crippen molar-refractivity contribution in [1.82, 2.24) is 9.97 Å². The molecule has 2 aromatic rings. The molecule has 2 rings (SSSR count). The first-order valence-electron chi connectivity index (χ1n) is 5.42. The first-order valence-corrected chi connectivity index (χ1v) is 6.21. The highest BCUT2D eigenvalue weighted by Crippen LogP contribution is 2.17. The van der Waals surface area contributed by atoms with Gasteiger partial charge in [0.05, 0.1) is 11.9 Å². The zero-order valence-corrected chi connectivity index (χ0v) is 11.5. The van der Waals surface area contributed by atoms with Gasteiger partial charge < -0.3 is 5.32 Å². The lowest BCUT2D eigenvalue weighted by Gasteiger charge is -2.09. The number of aromatic nitrogens is 2. The molecule has 2 aromatic heterocycles. The van der Waals surface area contributed by atoms with Crippen LogP contribution < -0.4 is 5.32 Å². The normalized spacial score (nSPS) is 10.3. The molecule has 0 fully saturated rings. The number of anilines is 1. The summed E-state index contributed by atoms with van der Waals surface area (Å²) in [6.45, 7) is 4.88. The average molecular weight is 292 g/mol. The molecule has 17 heavy (non-hydrogen) atoms. The second-order valence-corrected chi connectivity index (χ2v) is 4.74. The molecule has 0 saturated carbocycles. The summed E-state index contributed by atoms with van der Waals surface area (Å²) in [5, 5.41) is 3.35. The average Bonchev–Trinajstić information content (AvgIpc) is 2.32. The van der Waals surface area contributed by atoms with Gasteiger partial charge in [-0.3, -0.25) is 4.98 Å². The molecule has 0 atom stereocenters. The van der Waals surface area contributed by atoms with E-state index in [1.165, 1.54) is 11.1 Å². The summed E-state index contributed by atoms with van der Waals surface area (Å²) in [4.78, 5) is 8.38. The van der Waals surface area contributed by atoms with Crippen LogP contribution >= 0.6 is 15.9 Å². The second kappa shape index (κ2) is 5.27. The van der Waals surface area contributed by atoms with Crippen molar-refractivity contribution in [2.24, 2.45) is 0 Å². The third kappa shape index (κ3) is 3.03. The van der Waals surface area contributed by atoms with Crippen LogP contribution in [0.3, 0.4) is 0 Å². The number of nitrogens with one attached hydrogen (secondary N) is 1. The van der Waals surface area contributed by atoms with E-state index in [4.69, 9.17) is 0 Å². The summed E-state index contributed by atoms with van der Waals surface area (Å²) in [6.07, 6.45) is 5.52.